The van der Waals surface area contributed by atoms with Gasteiger partial charge in [-0.2, -0.15) is 5.10 Å². The number of carbonyl (C=O) groups is 1. The molecule has 0 unspecified atom stereocenters. The summed E-state index contributed by atoms with van der Waals surface area (Å²) < 4.78 is 1.85. The molecule has 0 atom stereocenters. The van der Waals surface area contributed by atoms with E-state index >= 15 is 0 Å². The summed E-state index contributed by atoms with van der Waals surface area (Å²) in [6.07, 6.45) is 1.86. The van der Waals surface area contributed by atoms with Gasteiger partial charge in [-0.3, -0.25) is 4.79 Å². The molecule has 4 nitrogen and oxygen atoms in total. The normalized spacial score (nSPS) is 10.7. The first-order chi connectivity index (χ1) is 9.24. The van der Waals surface area contributed by atoms with Crippen LogP contribution >= 0.6 is 0 Å². The van der Waals surface area contributed by atoms with Crippen LogP contribution in [0.2, 0.25) is 0 Å². The van der Waals surface area contributed by atoms with Crippen LogP contribution in [0.25, 0.3) is 16.6 Å². The molecular weight excluding hydrogens is 240 g/mol. The van der Waals surface area contributed by atoms with E-state index in [2.05, 4.69) is 5.10 Å². The summed E-state index contributed by atoms with van der Waals surface area (Å²) in [6, 6.07) is 15.4. The van der Waals surface area contributed by atoms with Crippen molar-refractivity contribution in [3.63, 3.8) is 0 Å². The molecule has 1 N–H and O–H groups in total. The predicted octanol–water partition coefficient (Wildman–Crippen LogP) is 2.65. The summed E-state index contributed by atoms with van der Waals surface area (Å²) in [4.78, 5) is 10.6. The number of benzene rings is 2. The molecule has 0 saturated heterocycles. The van der Waals surface area contributed by atoms with Crippen LogP contribution in [0, 0.1) is 0 Å². The molecule has 0 radical (unpaired) electrons. The number of rotatable bonds is 3. The molecule has 0 spiro atoms. The highest BCUT2D eigenvalue weighted by Gasteiger charge is 2.05. The highest BCUT2D eigenvalue weighted by molar-refractivity contribution is 5.80. The first-order valence-corrected chi connectivity index (χ1v) is 5.98. The SMILES string of the molecule is O=C(O)Cc1ccc(-n2ncc3ccccc32)cc1. The molecule has 0 amide bonds. The summed E-state index contributed by atoms with van der Waals surface area (Å²) in [5.74, 6) is -0.822. The number of fused-ring (bicyclic) bond motifs is 1. The number of hydrogen-bond donors (Lipinski definition) is 1. The number of carboxylic acids is 1. The third-order valence-electron chi connectivity index (χ3n) is 3.01. The van der Waals surface area contributed by atoms with Crippen molar-refractivity contribution in [1.82, 2.24) is 9.78 Å². The van der Waals surface area contributed by atoms with Gasteiger partial charge < -0.3 is 5.11 Å². The second-order valence-electron chi connectivity index (χ2n) is 4.35. The minimum absolute atomic E-state index is 0.0418. The molecule has 0 fully saturated rings. The van der Waals surface area contributed by atoms with Gasteiger partial charge in [-0.15, -0.1) is 0 Å². The molecule has 94 valence electrons. The first-order valence-electron chi connectivity index (χ1n) is 5.98. The Kier molecular flexibility index (Phi) is 2.76. The molecule has 4 heteroatoms. The van der Waals surface area contributed by atoms with Gasteiger partial charge in [-0.25, -0.2) is 4.68 Å². The van der Waals surface area contributed by atoms with Crippen LogP contribution < -0.4 is 0 Å². The summed E-state index contributed by atoms with van der Waals surface area (Å²) in [7, 11) is 0. The Morgan fingerprint density at radius 3 is 2.58 bits per heavy atom. The number of aromatic nitrogens is 2. The van der Waals surface area contributed by atoms with Crippen LogP contribution in [0.3, 0.4) is 0 Å². The molecule has 3 aromatic rings. The highest BCUT2D eigenvalue weighted by atomic mass is 16.4. The zero-order valence-corrected chi connectivity index (χ0v) is 10.2. The lowest BCUT2D eigenvalue weighted by Crippen LogP contribution is -2.01. The Labute approximate surface area is 109 Å². The fraction of sp³-hybridized carbons (Fsp3) is 0.0667. The molecule has 0 saturated carbocycles. The lowest BCUT2D eigenvalue weighted by atomic mass is 10.1. The molecule has 1 heterocycles. The molecule has 2 aromatic carbocycles. The topological polar surface area (TPSA) is 55.1 Å². The highest BCUT2D eigenvalue weighted by Crippen LogP contribution is 2.18. The van der Waals surface area contributed by atoms with E-state index in [1.165, 1.54) is 0 Å². The van der Waals surface area contributed by atoms with E-state index in [1.54, 1.807) is 0 Å². The lowest BCUT2D eigenvalue weighted by molar-refractivity contribution is -0.136. The number of hydrogen-bond acceptors (Lipinski definition) is 2. The minimum atomic E-state index is -0.822. The van der Waals surface area contributed by atoms with Crippen molar-refractivity contribution < 1.29 is 9.90 Å². The predicted molar refractivity (Wildman–Crippen MR) is 72.4 cm³/mol. The summed E-state index contributed by atoms with van der Waals surface area (Å²) in [5, 5.41) is 14.2. The van der Waals surface area contributed by atoms with Crippen molar-refractivity contribution in [2.45, 2.75) is 6.42 Å². The monoisotopic (exact) mass is 252 g/mol. The number of carboxylic acid groups (broad SMARTS) is 1. The third-order valence-corrected chi connectivity index (χ3v) is 3.01. The molecule has 0 aliphatic heterocycles. The Morgan fingerprint density at radius 1 is 1.11 bits per heavy atom. The summed E-state index contributed by atoms with van der Waals surface area (Å²) in [6.45, 7) is 0. The molecule has 1 aromatic heterocycles. The summed E-state index contributed by atoms with van der Waals surface area (Å²) in [5.41, 5.74) is 2.75. The fourth-order valence-corrected chi connectivity index (χ4v) is 2.11. The van der Waals surface area contributed by atoms with Gasteiger partial charge in [-0.05, 0) is 23.8 Å². The average Bonchev–Trinajstić information content (AvgIpc) is 2.83. The Balaban J connectivity index is 2.00. The molecular formula is C15H12N2O2. The number of nitrogens with zero attached hydrogens (tertiary/aromatic N) is 2. The largest absolute Gasteiger partial charge is 0.481 e. The maximum absolute atomic E-state index is 10.6. The Bertz CT molecular complexity index is 729. The van der Waals surface area contributed by atoms with Crippen molar-refractivity contribution >= 4 is 16.9 Å². The van der Waals surface area contributed by atoms with Gasteiger partial charge in [0, 0.05) is 5.39 Å². The second kappa shape index (κ2) is 4.57. The van der Waals surface area contributed by atoms with Gasteiger partial charge in [-0.1, -0.05) is 30.3 Å². The fourth-order valence-electron chi connectivity index (χ4n) is 2.11. The van der Waals surface area contributed by atoms with Gasteiger partial charge in [0.1, 0.15) is 0 Å². The van der Waals surface area contributed by atoms with E-state index in [-0.39, 0.29) is 6.42 Å². The second-order valence-corrected chi connectivity index (χ2v) is 4.35. The quantitative estimate of drug-likeness (QED) is 0.779. The molecule has 0 aliphatic carbocycles. The Morgan fingerprint density at radius 2 is 1.84 bits per heavy atom. The van der Waals surface area contributed by atoms with E-state index in [1.807, 2.05) is 59.4 Å². The van der Waals surface area contributed by atoms with Crippen LogP contribution in [0.4, 0.5) is 0 Å². The van der Waals surface area contributed by atoms with E-state index in [0.717, 1.165) is 22.2 Å². The lowest BCUT2D eigenvalue weighted by Gasteiger charge is -2.04. The van der Waals surface area contributed by atoms with Crippen molar-refractivity contribution in [2.75, 3.05) is 0 Å². The third kappa shape index (κ3) is 2.20. The average molecular weight is 252 g/mol. The van der Waals surface area contributed by atoms with Crippen molar-refractivity contribution in [1.29, 1.82) is 0 Å². The number of para-hydroxylation sites is 1. The van der Waals surface area contributed by atoms with Gasteiger partial charge in [0.05, 0.1) is 23.8 Å². The Hall–Kier alpha value is -2.62. The molecule has 0 bridgehead atoms. The van der Waals surface area contributed by atoms with Crippen LogP contribution in [0.15, 0.2) is 54.7 Å². The van der Waals surface area contributed by atoms with E-state index in [9.17, 15) is 4.79 Å². The van der Waals surface area contributed by atoms with Crippen LogP contribution in [-0.4, -0.2) is 20.9 Å². The van der Waals surface area contributed by atoms with E-state index in [0.29, 0.717) is 0 Å². The minimum Gasteiger partial charge on any atom is -0.481 e. The van der Waals surface area contributed by atoms with E-state index < -0.39 is 5.97 Å². The van der Waals surface area contributed by atoms with Crippen LogP contribution in [0.5, 0.6) is 0 Å². The van der Waals surface area contributed by atoms with Crippen LogP contribution in [-0.2, 0) is 11.2 Å². The number of aliphatic carboxylic acids is 1. The van der Waals surface area contributed by atoms with Crippen molar-refractivity contribution in [2.24, 2.45) is 0 Å². The van der Waals surface area contributed by atoms with Crippen molar-refractivity contribution in [3.8, 4) is 5.69 Å². The summed E-state index contributed by atoms with van der Waals surface area (Å²) >= 11 is 0. The van der Waals surface area contributed by atoms with Gasteiger partial charge >= 0.3 is 5.97 Å². The molecule has 19 heavy (non-hydrogen) atoms. The standard InChI is InChI=1S/C15H12N2O2/c18-15(19)9-11-5-7-13(8-6-11)17-14-4-2-1-3-12(14)10-16-17/h1-8,10H,9H2,(H,18,19). The maximum Gasteiger partial charge on any atom is 0.307 e. The van der Waals surface area contributed by atoms with Gasteiger partial charge in [0.15, 0.2) is 0 Å². The van der Waals surface area contributed by atoms with Crippen molar-refractivity contribution in [3.05, 3.63) is 60.3 Å². The zero-order chi connectivity index (χ0) is 13.2. The van der Waals surface area contributed by atoms with E-state index in [4.69, 9.17) is 5.11 Å². The van der Waals surface area contributed by atoms with Gasteiger partial charge in [0.2, 0.25) is 0 Å². The molecule has 0 aliphatic rings. The smallest absolute Gasteiger partial charge is 0.307 e. The van der Waals surface area contributed by atoms with Crippen LogP contribution in [0.1, 0.15) is 5.56 Å². The molecule has 3 rings (SSSR count). The maximum atomic E-state index is 10.6. The first kappa shape index (κ1) is 11.5. The van der Waals surface area contributed by atoms with Gasteiger partial charge in [0.25, 0.3) is 0 Å². The zero-order valence-electron chi connectivity index (χ0n) is 10.2.